The molecule has 1 amide bonds. The van der Waals surface area contributed by atoms with Crippen molar-refractivity contribution < 1.29 is 24.5 Å². The molecule has 0 aromatic carbocycles. The summed E-state index contributed by atoms with van der Waals surface area (Å²) in [5.41, 5.74) is 0. The van der Waals surface area contributed by atoms with Crippen LogP contribution in [0.2, 0.25) is 0 Å². The van der Waals surface area contributed by atoms with E-state index in [0.29, 0.717) is 25.9 Å². The first kappa shape index (κ1) is 71.3. The summed E-state index contributed by atoms with van der Waals surface area (Å²) in [4.78, 5) is 24.6. The lowest BCUT2D eigenvalue weighted by Crippen LogP contribution is -2.45. The van der Waals surface area contributed by atoms with Gasteiger partial charge in [0.2, 0.25) is 5.91 Å². The predicted molar refractivity (Wildman–Crippen MR) is 320 cm³/mol. The quantitative estimate of drug-likeness (QED) is 0.0320. The van der Waals surface area contributed by atoms with Crippen molar-refractivity contribution in [1.82, 2.24) is 5.32 Å². The molecule has 0 bridgehead atoms. The Hall–Kier alpha value is -1.66. The van der Waals surface area contributed by atoms with E-state index in [9.17, 15) is 19.8 Å². The average Bonchev–Trinajstić information content (AvgIpc) is 3.39. The van der Waals surface area contributed by atoms with E-state index in [-0.39, 0.29) is 18.5 Å². The van der Waals surface area contributed by atoms with Crippen molar-refractivity contribution in [2.45, 2.75) is 379 Å². The van der Waals surface area contributed by atoms with Gasteiger partial charge >= 0.3 is 5.97 Å². The minimum Gasteiger partial charge on any atom is -0.466 e. The van der Waals surface area contributed by atoms with Crippen LogP contribution >= 0.6 is 0 Å². The lowest BCUT2D eigenvalue weighted by atomic mass is 10.0. The van der Waals surface area contributed by atoms with Gasteiger partial charge in [0.25, 0.3) is 0 Å². The molecule has 0 aliphatic rings. The summed E-state index contributed by atoms with van der Waals surface area (Å²) in [5, 5.41) is 23.4. The smallest absolute Gasteiger partial charge is 0.305 e. The van der Waals surface area contributed by atoms with Gasteiger partial charge in [-0.15, -0.1) is 0 Å². The summed E-state index contributed by atoms with van der Waals surface area (Å²) in [6, 6.07) is -0.545. The van der Waals surface area contributed by atoms with Crippen LogP contribution in [0.1, 0.15) is 367 Å². The van der Waals surface area contributed by atoms with E-state index in [4.69, 9.17) is 4.74 Å². The predicted octanol–water partition coefficient (Wildman–Crippen LogP) is 21.0. The second kappa shape index (κ2) is 62.9. The van der Waals surface area contributed by atoms with Gasteiger partial charge in [-0.1, -0.05) is 321 Å². The van der Waals surface area contributed by atoms with Gasteiger partial charge in [0.15, 0.2) is 0 Å². The summed E-state index contributed by atoms with van der Waals surface area (Å²) < 4.78 is 5.48. The number of esters is 1. The first-order valence-electron chi connectivity index (χ1n) is 33.1. The van der Waals surface area contributed by atoms with Crippen molar-refractivity contribution in [1.29, 1.82) is 0 Å². The fourth-order valence-corrected chi connectivity index (χ4v) is 10.4. The molecule has 6 heteroatoms. The number of carbonyl (C=O) groups is 2. The monoisotopic (exact) mass is 1030 g/mol. The molecule has 0 aliphatic carbocycles. The minimum absolute atomic E-state index is 0.00350. The molecule has 6 nitrogen and oxygen atoms in total. The molecule has 2 atom stereocenters. The van der Waals surface area contributed by atoms with Crippen LogP contribution in [0.15, 0.2) is 24.3 Å². The SMILES string of the molecule is CCCCCC/C=C\C/C=C\CCCCCCCC(=O)OCCCCCCCCCCCCCCCCCCCCCC(=O)NC(CO)C(O)CCCCCCCCCCCCCCCCCCCCCCC. The number of allylic oxidation sites excluding steroid dienone is 4. The van der Waals surface area contributed by atoms with E-state index in [1.807, 2.05) is 0 Å². The topological polar surface area (TPSA) is 95.9 Å². The second-order valence-electron chi connectivity index (χ2n) is 22.8. The standard InChI is InChI=1S/C67H129NO5/c1-3-5-7-9-11-13-15-17-19-21-22-23-25-28-31-35-39-43-47-51-55-59-65(70)64(63-69)68-66(71)60-56-52-48-44-40-36-32-29-26-24-27-30-34-38-42-46-50-54-58-62-73-67(72)61-57-53-49-45-41-37-33-20-18-16-14-12-10-8-6-4-2/h14,16,20,33,64-65,69-70H,3-13,15,17-19,21-32,34-63H2,1-2H3,(H,68,71)/b16-14-,33-20-. The van der Waals surface area contributed by atoms with Gasteiger partial charge in [0, 0.05) is 12.8 Å². The van der Waals surface area contributed by atoms with Crippen molar-refractivity contribution in [3.63, 3.8) is 0 Å². The van der Waals surface area contributed by atoms with E-state index in [0.717, 1.165) is 51.4 Å². The van der Waals surface area contributed by atoms with Crippen LogP contribution < -0.4 is 5.32 Å². The number of nitrogens with one attached hydrogen (secondary N) is 1. The van der Waals surface area contributed by atoms with Crippen LogP contribution in [0.3, 0.4) is 0 Å². The number of aliphatic hydroxyl groups excluding tert-OH is 2. The number of hydrogen-bond acceptors (Lipinski definition) is 5. The van der Waals surface area contributed by atoms with E-state index in [1.165, 1.54) is 283 Å². The molecule has 3 N–H and O–H groups in total. The summed E-state index contributed by atoms with van der Waals surface area (Å²) in [7, 11) is 0. The first-order valence-corrected chi connectivity index (χ1v) is 33.1. The third kappa shape index (κ3) is 59.4. The van der Waals surface area contributed by atoms with E-state index in [2.05, 4.69) is 43.5 Å². The number of unbranched alkanes of at least 4 members (excludes halogenated alkanes) is 47. The maximum Gasteiger partial charge on any atom is 0.305 e. The Labute approximate surface area is 456 Å². The van der Waals surface area contributed by atoms with Crippen LogP contribution in [0.5, 0.6) is 0 Å². The average molecular weight is 1030 g/mol. The number of aliphatic hydroxyl groups is 2. The third-order valence-corrected chi connectivity index (χ3v) is 15.5. The molecule has 0 rings (SSSR count). The normalized spacial score (nSPS) is 12.7. The molecule has 0 aromatic heterocycles. The first-order chi connectivity index (χ1) is 36.0. The molecule has 0 spiro atoms. The minimum atomic E-state index is -0.668. The number of rotatable bonds is 62. The zero-order chi connectivity index (χ0) is 52.9. The Kier molecular flexibility index (Phi) is 61.4. The number of amides is 1. The van der Waals surface area contributed by atoms with E-state index >= 15 is 0 Å². The van der Waals surface area contributed by atoms with Crippen molar-refractivity contribution in [2.75, 3.05) is 13.2 Å². The molecule has 432 valence electrons. The molecular formula is C67H129NO5. The van der Waals surface area contributed by atoms with Gasteiger partial charge in [-0.2, -0.15) is 0 Å². The van der Waals surface area contributed by atoms with Crippen LogP contribution in [0, 0.1) is 0 Å². The van der Waals surface area contributed by atoms with Gasteiger partial charge < -0.3 is 20.3 Å². The molecule has 0 aliphatic heterocycles. The molecule has 73 heavy (non-hydrogen) atoms. The number of carbonyl (C=O) groups excluding carboxylic acids is 2. The highest BCUT2D eigenvalue weighted by Gasteiger charge is 2.20. The van der Waals surface area contributed by atoms with Gasteiger partial charge in [-0.3, -0.25) is 9.59 Å². The van der Waals surface area contributed by atoms with Crippen molar-refractivity contribution in [3.8, 4) is 0 Å². The molecule has 2 unspecified atom stereocenters. The lowest BCUT2D eigenvalue weighted by Gasteiger charge is -2.22. The molecular weight excluding hydrogens is 899 g/mol. The fourth-order valence-electron chi connectivity index (χ4n) is 10.4. The lowest BCUT2D eigenvalue weighted by molar-refractivity contribution is -0.143. The van der Waals surface area contributed by atoms with Gasteiger partial charge in [-0.25, -0.2) is 0 Å². The highest BCUT2D eigenvalue weighted by Crippen LogP contribution is 2.18. The Bertz CT molecular complexity index is 1140. The second-order valence-corrected chi connectivity index (χ2v) is 22.8. The fraction of sp³-hybridized carbons (Fsp3) is 0.910. The van der Waals surface area contributed by atoms with Gasteiger partial charge in [0.1, 0.15) is 0 Å². The number of ether oxygens (including phenoxy) is 1. The van der Waals surface area contributed by atoms with E-state index in [1.54, 1.807) is 0 Å². The Morgan fingerprint density at radius 1 is 0.384 bits per heavy atom. The molecule has 0 aromatic rings. The highest BCUT2D eigenvalue weighted by atomic mass is 16.5. The maximum absolute atomic E-state index is 12.5. The summed E-state index contributed by atoms with van der Waals surface area (Å²) in [5.74, 6) is -0.0378. The van der Waals surface area contributed by atoms with Crippen LogP contribution in [0.4, 0.5) is 0 Å². The zero-order valence-electron chi connectivity index (χ0n) is 49.4. The molecule has 0 radical (unpaired) electrons. The van der Waals surface area contributed by atoms with Gasteiger partial charge in [0.05, 0.1) is 25.4 Å². The van der Waals surface area contributed by atoms with Crippen LogP contribution in [-0.4, -0.2) is 47.4 Å². The highest BCUT2D eigenvalue weighted by molar-refractivity contribution is 5.76. The zero-order valence-corrected chi connectivity index (χ0v) is 49.4. The van der Waals surface area contributed by atoms with Crippen molar-refractivity contribution in [3.05, 3.63) is 24.3 Å². The maximum atomic E-state index is 12.5. The molecule has 0 saturated heterocycles. The largest absolute Gasteiger partial charge is 0.466 e. The summed E-state index contributed by atoms with van der Waals surface area (Å²) in [6.45, 7) is 4.95. The molecule has 0 saturated carbocycles. The van der Waals surface area contributed by atoms with Crippen LogP contribution in [0.25, 0.3) is 0 Å². The summed E-state index contributed by atoms with van der Waals surface area (Å²) in [6.07, 6.45) is 77.6. The van der Waals surface area contributed by atoms with Gasteiger partial charge in [-0.05, 0) is 57.8 Å². The summed E-state index contributed by atoms with van der Waals surface area (Å²) >= 11 is 0. The van der Waals surface area contributed by atoms with E-state index < -0.39 is 12.1 Å². The molecule has 0 fully saturated rings. The Morgan fingerprint density at radius 2 is 0.685 bits per heavy atom. The number of hydrogen-bond donors (Lipinski definition) is 3. The van der Waals surface area contributed by atoms with Crippen molar-refractivity contribution >= 4 is 11.9 Å². The third-order valence-electron chi connectivity index (χ3n) is 15.5. The van der Waals surface area contributed by atoms with Crippen molar-refractivity contribution in [2.24, 2.45) is 0 Å². The van der Waals surface area contributed by atoms with Crippen LogP contribution in [-0.2, 0) is 14.3 Å². The Morgan fingerprint density at radius 3 is 1.05 bits per heavy atom. The Balaban J connectivity index is 3.40. The molecule has 0 heterocycles.